The SMILES string of the molecule is CN(C)/C=N/c1sc2c(c1C#N)C(C)(C=O)CCC2. The van der Waals surface area contributed by atoms with Crippen molar-refractivity contribution in [2.45, 2.75) is 31.6 Å². The van der Waals surface area contributed by atoms with Crippen LogP contribution in [0, 0.1) is 11.3 Å². The fourth-order valence-corrected chi connectivity index (χ4v) is 3.73. The van der Waals surface area contributed by atoms with E-state index in [1.807, 2.05) is 25.9 Å². The maximum absolute atomic E-state index is 11.4. The van der Waals surface area contributed by atoms with Gasteiger partial charge in [0.15, 0.2) is 0 Å². The van der Waals surface area contributed by atoms with Gasteiger partial charge in [0.05, 0.1) is 17.3 Å². The van der Waals surface area contributed by atoms with Gasteiger partial charge in [-0.05, 0) is 31.7 Å². The number of aliphatic imine (C=N–C) groups is 1. The summed E-state index contributed by atoms with van der Waals surface area (Å²) in [6, 6.07) is 2.24. The van der Waals surface area contributed by atoms with Crippen LogP contribution in [0.5, 0.6) is 0 Å². The van der Waals surface area contributed by atoms with Crippen molar-refractivity contribution in [3.8, 4) is 6.07 Å². The molecule has 1 aromatic rings. The van der Waals surface area contributed by atoms with Crippen LogP contribution in [0.2, 0.25) is 0 Å². The van der Waals surface area contributed by atoms with Crippen molar-refractivity contribution in [2.24, 2.45) is 4.99 Å². The van der Waals surface area contributed by atoms with Gasteiger partial charge in [-0.2, -0.15) is 5.26 Å². The fourth-order valence-electron chi connectivity index (χ4n) is 2.47. The normalized spacial score (nSPS) is 22.0. The molecule has 100 valence electrons. The number of nitriles is 1. The van der Waals surface area contributed by atoms with Crippen molar-refractivity contribution in [3.05, 3.63) is 16.0 Å². The molecule has 2 rings (SSSR count). The first kappa shape index (κ1) is 13.8. The third kappa shape index (κ3) is 2.41. The Bertz CT molecular complexity index is 568. The van der Waals surface area contributed by atoms with Gasteiger partial charge in [-0.3, -0.25) is 0 Å². The average molecular weight is 275 g/mol. The molecule has 0 N–H and O–H groups in total. The van der Waals surface area contributed by atoms with Crippen molar-refractivity contribution < 1.29 is 4.79 Å². The van der Waals surface area contributed by atoms with E-state index in [-0.39, 0.29) is 0 Å². The zero-order valence-corrected chi connectivity index (χ0v) is 12.3. The van der Waals surface area contributed by atoms with Crippen molar-refractivity contribution in [2.75, 3.05) is 14.1 Å². The highest BCUT2D eigenvalue weighted by Gasteiger charge is 2.37. The van der Waals surface area contributed by atoms with E-state index in [0.717, 1.165) is 41.0 Å². The minimum atomic E-state index is -0.527. The quantitative estimate of drug-likeness (QED) is 0.484. The Labute approximate surface area is 117 Å². The molecule has 0 amide bonds. The molecule has 4 nitrogen and oxygen atoms in total. The molecule has 1 aliphatic carbocycles. The third-order valence-corrected chi connectivity index (χ3v) is 4.57. The van der Waals surface area contributed by atoms with E-state index in [9.17, 15) is 10.1 Å². The van der Waals surface area contributed by atoms with Crippen LogP contribution in [-0.2, 0) is 16.6 Å². The Hall–Kier alpha value is -1.67. The molecule has 5 heteroatoms. The highest BCUT2D eigenvalue weighted by atomic mass is 32.1. The second-order valence-electron chi connectivity index (χ2n) is 5.29. The molecule has 0 fully saturated rings. The molecule has 0 aliphatic heterocycles. The largest absolute Gasteiger partial charge is 0.369 e. The molecular formula is C14H17N3OS. The van der Waals surface area contributed by atoms with E-state index in [1.165, 1.54) is 0 Å². The van der Waals surface area contributed by atoms with E-state index in [0.29, 0.717) is 5.56 Å². The van der Waals surface area contributed by atoms with Crippen LogP contribution in [-0.4, -0.2) is 31.6 Å². The third-order valence-electron chi connectivity index (χ3n) is 3.41. The molecule has 1 aromatic heterocycles. The number of rotatable bonds is 3. The lowest BCUT2D eigenvalue weighted by Gasteiger charge is -2.28. The zero-order valence-electron chi connectivity index (χ0n) is 11.4. The van der Waals surface area contributed by atoms with Crippen molar-refractivity contribution >= 4 is 29.0 Å². The van der Waals surface area contributed by atoms with Gasteiger partial charge < -0.3 is 9.69 Å². The second-order valence-corrected chi connectivity index (χ2v) is 6.37. The molecule has 0 saturated heterocycles. The first-order chi connectivity index (χ1) is 9.01. The number of aryl methyl sites for hydroxylation is 1. The van der Waals surface area contributed by atoms with Crippen molar-refractivity contribution in [1.29, 1.82) is 5.26 Å². The summed E-state index contributed by atoms with van der Waals surface area (Å²) in [5.74, 6) is 0. The molecule has 19 heavy (non-hydrogen) atoms. The predicted molar refractivity (Wildman–Crippen MR) is 77.2 cm³/mol. The molecule has 1 heterocycles. The number of carbonyl (C=O) groups is 1. The molecule has 1 unspecified atom stereocenters. The highest BCUT2D eigenvalue weighted by Crippen LogP contribution is 2.46. The summed E-state index contributed by atoms with van der Waals surface area (Å²) in [6.45, 7) is 1.92. The van der Waals surface area contributed by atoms with Gasteiger partial charge in [0.25, 0.3) is 0 Å². The molecule has 0 spiro atoms. The number of hydrogen-bond acceptors (Lipinski definition) is 4. The number of carbonyl (C=O) groups excluding carboxylic acids is 1. The van der Waals surface area contributed by atoms with Gasteiger partial charge in [-0.15, -0.1) is 11.3 Å². The maximum Gasteiger partial charge on any atom is 0.136 e. The summed E-state index contributed by atoms with van der Waals surface area (Å²) in [5, 5.41) is 10.1. The number of aldehydes is 1. The molecule has 0 radical (unpaired) electrons. The first-order valence-corrected chi connectivity index (χ1v) is 7.06. The molecule has 0 bridgehead atoms. The van der Waals surface area contributed by atoms with Crippen LogP contribution in [0.1, 0.15) is 35.8 Å². The Morgan fingerprint density at radius 3 is 2.84 bits per heavy atom. The summed E-state index contributed by atoms with van der Waals surface area (Å²) in [6.07, 6.45) is 5.42. The van der Waals surface area contributed by atoms with E-state index in [2.05, 4.69) is 11.1 Å². The summed E-state index contributed by atoms with van der Waals surface area (Å²) < 4.78 is 0. The van der Waals surface area contributed by atoms with Crippen LogP contribution >= 0.6 is 11.3 Å². The van der Waals surface area contributed by atoms with Gasteiger partial charge in [0, 0.05) is 19.0 Å². The van der Waals surface area contributed by atoms with Gasteiger partial charge in [0.1, 0.15) is 17.4 Å². The van der Waals surface area contributed by atoms with E-state index >= 15 is 0 Å². The molecule has 0 aromatic carbocycles. The van der Waals surface area contributed by atoms with Gasteiger partial charge in [-0.1, -0.05) is 0 Å². The summed E-state index contributed by atoms with van der Waals surface area (Å²) in [5.41, 5.74) is 0.959. The Balaban J connectivity index is 2.57. The van der Waals surface area contributed by atoms with Crippen LogP contribution < -0.4 is 0 Å². The predicted octanol–water partition coefficient (Wildman–Crippen LogP) is 2.63. The van der Waals surface area contributed by atoms with E-state index < -0.39 is 5.41 Å². The monoisotopic (exact) mass is 275 g/mol. The van der Waals surface area contributed by atoms with E-state index in [1.54, 1.807) is 17.7 Å². The summed E-state index contributed by atoms with van der Waals surface area (Å²) in [7, 11) is 3.78. The van der Waals surface area contributed by atoms with Gasteiger partial charge in [0.2, 0.25) is 0 Å². The molecule has 0 saturated carbocycles. The van der Waals surface area contributed by atoms with Crippen molar-refractivity contribution in [3.63, 3.8) is 0 Å². The highest BCUT2D eigenvalue weighted by molar-refractivity contribution is 7.16. The van der Waals surface area contributed by atoms with Crippen LogP contribution in [0.15, 0.2) is 4.99 Å². The van der Waals surface area contributed by atoms with Crippen LogP contribution in [0.4, 0.5) is 5.00 Å². The second kappa shape index (κ2) is 5.14. The van der Waals surface area contributed by atoms with Crippen LogP contribution in [0.3, 0.4) is 0 Å². The topological polar surface area (TPSA) is 56.5 Å². The standard InChI is InChI=1S/C14H17N3OS/c1-14(8-18)6-4-5-11-12(14)10(7-15)13(19-11)16-9-17(2)3/h8-9H,4-6H2,1-3H3/b16-9+. The minimum Gasteiger partial charge on any atom is -0.369 e. The first-order valence-electron chi connectivity index (χ1n) is 6.25. The Kier molecular flexibility index (Phi) is 3.72. The molecule has 1 atom stereocenters. The summed E-state index contributed by atoms with van der Waals surface area (Å²) in [4.78, 5) is 18.8. The number of fused-ring (bicyclic) bond motifs is 1. The van der Waals surface area contributed by atoms with Crippen LogP contribution in [0.25, 0.3) is 0 Å². The Morgan fingerprint density at radius 1 is 1.53 bits per heavy atom. The van der Waals surface area contributed by atoms with Gasteiger partial charge >= 0.3 is 0 Å². The smallest absolute Gasteiger partial charge is 0.136 e. The summed E-state index contributed by atoms with van der Waals surface area (Å²) >= 11 is 1.54. The van der Waals surface area contributed by atoms with Gasteiger partial charge in [-0.25, -0.2) is 4.99 Å². The van der Waals surface area contributed by atoms with E-state index in [4.69, 9.17) is 0 Å². The fraction of sp³-hybridized carbons (Fsp3) is 0.500. The Morgan fingerprint density at radius 2 is 2.26 bits per heavy atom. The number of hydrogen-bond donors (Lipinski definition) is 0. The lowest BCUT2D eigenvalue weighted by atomic mass is 9.74. The number of thiophene rings is 1. The molecule has 1 aliphatic rings. The van der Waals surface area contributed by atoms with Crippen molar-refractivity contribution in [1.82, 2.24) is 4.90 Å². The molecular weight excluding hydrogens is 258 g/mol. The minimum absolute atomic E-state index is 0.527. The lowest BCUT2D eigenvalue weighted by Crippen LogP contribution is -2.28. The number of nitrogens with zero attached hydrogens (tertiary/aromatic N) is 3. The zero-order chi connectivity index (χ0) is 14.0. The maximum atomic E-state index is 11.4. The lowest BCUT2D eigenvalue weighted by molar-refractivity contribution is -0.112. The average Bonchev–Trinajstić information content (AvgIpc) is 2.75.